The third-order valence-corrected chi connectivity index (χ3v) is 5.08. The topological polar surface area (TPSA) is 123 Å². The van der Waals surface area contributed by atoms with Crippen LogP contribution in [0.3, 0.4) is 0 Å². The Morgan fingerprint density at radius 1 is 0.964 bits per heavy atom. The maximum atomic E-state index is 12.1. The molecule has 3 N–H and O–H groups in total. The summed E-state index contributed by atoms with van der Waals surface area (Å²) in [4.78, 5) is 23.9. The summed E-state index contributed by atoms with van der Waals surface area (Å²) in [5, 5.41) is 0. The minimum Gasteiger partial charge on any atom is -0.485 e. The number of nitrogens with one attached hydrogen (secondary N) is 3. The van der Waals surface area contributed by atoms with Crippen molar-refractivity contribution in [3.05, 3.63) is 60.2 Å². The minimum absolute atomic E-state index is 0.0115. The molecule has 9 nitrogen and oxygen atoms in total. The number of carbonyl (C=O) groups excluding carboxylic acids is 2. The molecule has 0 spiro atoms. The lowest BCUT2D eigenvalue weighted by atomic mass is 10.2. The van der Waals surface area contributed by atoms with Gasteiger partial charge in [-0.05, 0) is 17.7 Å². The van der Waals surface area contributed by atoms with E-state index >= 15 is 0 Å². The smallest absolute Gasteiger partial charge is 0.283 e. The fraction of sp³-hybridized carbons (Fsp3) is 0.222. The van der Waals surface area contributed by atoms with Crippen LogP contribution in [0, 0.1) is 0 Å². The second kappa shape index (κ2) is 8.72. The molecule has 2 aromatic rings. The summed E-state index contributed by atoms with van der Waals surface area (Å²) >= 11 is 0. The third kappa shape index (κ3) is 5.44. The van der Waals surface area contributed by atoms with Crippen LogP contribution in [0.25, 0.3) is 0 Å². The van der Waals surface area contributed by atoms with Crippen molar-refractivity contribution in [2.45, 2.75) is 11.9 Å². The van der Waals surface area contributed by atoms with Gasteiger partial charge in [-0.2, -0.15) is 0 Å². The molecule has 0 fully saturated rings. The van der Waals surface area contributed by atoms with Crippen molar-refractivity contribution < 1.29 is 27.5 Å². The van der Waals surface area contributed by atoms with Crippen molar-refractivity contribution in [2.24, 2.45) is 0 Å². The van der Waals surface area contributed by atoms with Gasteiger partial charge in [-0.3, -0.25) is 20.4 Å². The number of para-hydroxylation sites is 2. The minimum atomic E-state index is -3.69. The summed E-state index contributed by atoms with van der Waals surface area (Å²) in [5.74, 6) is -0.630. The lowest BCUT2D eigenvalue weighted by molar-refractivity contribution is -0.134. The molecule has 0 bridgehead atoms. The van der Waals surface area contributed by atoms with E-state index in [4.69, 9.17) is 9.47 Å². The Hall–Kier alpha value is -3.11. The molecule has 0 radical (unpaired) electrons. The highest BCUT2D eigenvalue weighted by molar-refractivity contribution is 7.88. The van der Waals surface area contributed by atoms with Gasteiger partial charge in [0.15, 0.2) is 11.5 Å². The fourth-order valence-electron chi connectivity index (χ4n) is 2.42. The number of amides is 2. The van der Waals surface area contributed by atoms with Crippen LogP contribution in [0.1, 0.15) is 5.56 Å². The maximum Gasteiger partial charge on any atom is 0.283 e. The Morgan fingerprint density at radius 3 is 2.39 bits per heavy atom. The molecule has 1 heterocycles. The number of hydrogen-bond acceptors (Lipinski definition) is 6. The highest BCUT2D eigenvalue weighted by Crippen LogP contribution is 2.30. The Bertz CT molecular complexity index is 949. The van der Waals surface area contributed by atoms with Gasteiger partial charge in [-0.15, -0.1) is 0 Å². The number of hydrogen-bond donors (Lipinski definition) is 3. The van der Waals surface area contributed by atoms with Crippen molar-refractivity contribution in [2.75, 3.05) is 13.2 Å². The Labute approximate surface area is 162 Å². The summed E-state index contributed by atoms with van der Waals surface area (Å²) in [5.41, 5.74) is 4.93. The van der Waals surface area contributed by atoms with E-state index in [2.05, 4.69) is 15.6 Å². The van der Waals surface area contributed by atoms with Crippen LogP contribution in [-0.4, -0.2) is 39.5 Å². The number of fused-ring (bicyclic) bond motifs is 1. The van der Waals surface area contributed by atoms with Gasteiger partial charge >= 0.3 is 0 Å². The first-order valence-electron chi connectivity index (χ1n) is 8.41. The zero-order valence-electron chi connectivity index (χ0n) is 14.8. The molecule has 148 valence electrons. The van der Waals surface area contributed by atoms with E-state index < -0.39 is 34.5 Å². The zero-order chi connectivity index (χ0) is 20.0. The van der Waals surface area contributed by atoms with Crippen LogP contribution >= 0.6 is 0 Å². The van der Waals surface area contributed by atoms with Gasteiger partial charge in [-0.1, -0.05) is 42.5 Å². The van der Waals surface area contributed by atoms with Crippen molar-refractivity contribution in [3.63, 3.8) is 0 Å². The average Bonchev–Trinajstić information content (AvgIpc) is 2.70. The predicted octanol–water partition coefficient (Wildman–Crippen LogP) is 0.0934. The van der Waals surface area contributed by atoms with Gasteiger partial charge in [0.25, 0.3) is 11.8 Å². The van der Waals surface area contributed by atoms with Crippen LogP contribution < -0.4 is 25.0 Å². The summed E-state index contributed by atoms with van der Waals surface area (Å²) in [6.45, 7) is -0.525. The quantitative estimate of drug-likeness (QED) is 0.586. The van der Waals surface area contributed by atoms with Gasteiger partial charge < -0.3 is 9.47 Å². The first kappa shape index (κ1) is 19.6. The molecule has 0 saturated heterocycles. The molecule has 1 atom stereocenters. The number of sulfonamides is 1. The van der Waals surface area contributed by atoms with Gasteiger partial charge in [0, 0.05) is 0 Å². The van der Waals surface area contributed by atoms with Crippen LogP contribution in [0.5, 0.6) is 11.5 Å². The van der Waals surface area contributed by atoms with E-state index in [0.717, 1.165) is 0 Å². The largest absolute Gasteiger partial charge is 0.485 e. The van der Waals surface area contributed by atoms with Crippen molar-refractivity contribution >= 4 is 21.8 Å². The Morgan fingerprint density at radius 2 is 1.64 bits per heavy atom. The highest BCUT2D eigenvalue weighted by Gasteiger charge is 2.27. The lowest BCUT2D eigenvalue weighted by Gasteiger charge is -2.25. The van der Waals surface area contributed by atoms with Gasteiger partial charge in [0.1, 0.15) is 6.61 Å². The number of ether oxygens (including phenoxy) is 2. The van der Waals surface area contributed by atoms with E-state index in [9.17, 15) is 18.0 Å². The van der Waals surface area contributed by atoms with Crippen LogP contribution in [0.2, 0.25) is 0 Å². The van der Waals surface area contributed by atoms with E-state index in [1.165, 1.54) is 0 Å². The normalized spacial score (nSPS) is 15.5. The molecule has 10 heteroatoms. The lowest BCUT2D eigenvalue weighted by Crippen LogP contribution is -2.52. The summed E-state index contributed by atoms with van der Waals surface area (Å²) in [7, 11) is -3.69. The van der Waals surface area contributed by atoms with Crippen molar-refractivity contribution in [1.82, 2.24) is 15.6 Å². The second-order valence-electron chi connectivity index (χ2n) is 5.97. The fourth-order valence-corrected chi connectivity index (χ4v) is 3.51. The predicted molar refractivity (Wildman–Crippen MR) is 99.7 cm³/mol. The molecular weight excluding hydrogens is 386 g/mol. The van der Waals surface area contributed by atoms with E-state index in [1.54, 1.807) is 54.6 Å². The van der Waals surface area contributed by atoms with Gasteiger partial charge in [0.05, 0.1) is 12.3 Å². The highest BCUT2D eigenvalue weighted by atomic mass is 32.2. The Balaban J connectivity index is 1.42. The molecule has 0 aliphatic carbocycles. The summed E-state index contributed by atoms with van der Waals surface area (Å²) in [6, 6.07) is 15.5. The first-order valence-corrected chi connectivity index (χ1v) is 10.1. The van der Waals surface area contributed by atoms with Crippen molar-refractivity contribution in [3.8, 4) is 11.5 Å². The molecule has 28 heavy (non-hydrogen) atoms. The second-order valence-corrected chi connectivity index (χ2v) is 7.77. The van der Waals surface area contributed by atoms with Crippen LogP contribution in [-0.2, 0) is 25.4 Å². The molecular formula is C18H19N3O6S. The molecule has 1 aliphatic heterocycles. The number of benzene rings is 2. The average molecular weight is 405 g/mol. The monoisotopic (exact) mass is 405 g/mol. The van der Waals surface area contributed by atoms with Crippen molar-refractivity contribution in [1.29, 1.82) is 0 Å². The molecule has 0 aromatic heterocycles. The van der Waals surface area contributed by atoms with Crippen LogP contribution in [0.4, 0.5) is 0 Å². The number of carbonyl (C=O) groups is 2. The zero-order valence-corrected chi connectivity index (χ0v) is 15.6. The summed E-state index contributed by atoms with van der Waals surface area (Å²) < 4.78 is 37.1. The molecule has 1 aliphatic rings. The standard InChI is InChI=1S/C18H19N3O6S/c22-17(10-19-28(24,25)12-13-6-2-1-3-7-13)20-21-18(23)16-11-26-14-8-4-5-9-15(14)27-16/h1-9,16,19H,10-12H2,(H,20,22)(H,21,23)/t16-/m0/s1. The number of hydrazine groups is 1. The first-order chi connectivity index (χ1) is 13.4. The molecule has 2 amide bonds. The van der Waals surface area contributed by atoms with Crippen LogP contribution in [0.15, 0.2) is 54.6 Å². The van der Waals surface area contributed by atoms with E-state index in [-0.39, 0.29) is 12.4 Å². The third-order valence-electron chi connectivity index (χ3n) is 3.78. The molecule has 3 rings (SSSR count). The summed E-state index contributed by atoms with van der Waals surface area (Å²) in [6.07, 6.45) is -0.940. The SMILES string of the molecule is O=C(CNS(=O)(=O)Cc1ccccc1)NNC(=O)[C@@H]1COc2ccccc2O1. The molecule has 2 aromatic carbocycles. The Kier molecular flexibility index (Phi) is 6.12. The molecule has 0 saturated carbocycles. The maximum absolute atomic E-state index is 12.1. The van der Waals surface area contributed by atoms with E-state index in [1.807, 2.05) is 0 Å². The van der Waals surface area contributed by atoms with Gasteiger partial charge in [0.2, 0.25) is 16.1 Å². The molecule has 0 unspecified atom stereocenters. The van der Waals surface area contributed by atoms with Gasteiger partial charge in [-0.25, -0.2) is 13.1 Å². The number of rotatable bonds is 6. The van der Waals surface area contributed by atoms with E-state index in [0.29, 0.717) is 17.1 Å².